The molecule has 0 saturated heterocycles. The molecular weight excluding hydrogens is 1510 g/mol. The van der Waals surface area contributed by atoms with E-state index >= 15 is 0 Å². The number of hydrogen-bond acceptors (Lipinski definition) is 11. The van der Waals surface area contributed by atoms with Crippen LogP contribution in [0.1, 0.15) is 182 Å². The highest BCUT2D eigenvalue weighted by atomic mass is 16.5. The highest BCUT2D eigenvalue weighted by Crippen LogP contribution is 2.32. The number of pyridine rings is 5. The van der Waals surface area contributed by atoms with Crippen molar-refractivity contribution in [2.45, 2.75) is 138 Å². The van der Waals surface area contributed by atoms with E-state index in [1.807, 2.05) is 159 Å². The average Bonchev–Trinajstić information content (AvgIpc) is 1.43. The van der Waals surface area contributed by atoms with E-state index in [1.54, 1.807) is 84.9 Å². The second-order valence-corrected chi connectivity index (χ2v) is 31.9. The van der Waals surface area contributed by atoms with Crippen LogP contribution in [0.2, 0.25) is 0 Å². The lowest BCUT2D eigenvalue weighted by molar-refractivity contribution is 0.202. The Hall–Kier alpha value is -14.3. The number of fused-ring (bicyclic) bond motifs is 6. The molecule has 0 bridgehead atoms. The third-order valence-electron chi connectivity index (χ3n) is 21.7. The Morgan fingerprint density at radius 1 is 0.352 bits per heavy atom. The molecule has 0 radical (unpaired) electrons. The molecule has 122 heavy (non-hydrogen) atoms. The quantitative estimate of drug-likeness (QED) is 0.0991. The minimum absolute atomic E-state index is 0.00930. The van der Waals surface area contributed by atoms with Crippen molar-refractivity contribution in [3.8, 4) is 59.2 Å². The molecule has 15 aromatic rings. The molecule has 5 aromatic carbocycles. The van der Waals surface area contributed by atoms with Gasteiger partial charge in [-0.1, -0.05) is 166 Å². The molecule has 16 nitrogen and oxygen atoms in total. The molecule has 18 rings (SSSR count). The lowest BCUT2D eigenvalue weighted by Gasteiger charge is -2.24. The van der Waals surface area contributed by atoms with Crippen LogP contribution in [0.15, 0.2) is 262 Å². The first-order valence-corrected chi connectivity index (χ1v) is 41.8. The maximum atomic E-state index is 12.9. The summed E-state index contributed by atoms with van der Waals surface area (Å²) in [6.45, 7) is 15.0. The number of ether oxygens (including phenoxy) is 1. The molecule has 2 fully saturated rings. The van der Waals surface area contributed by atoms with Gasteiger partial charge in [0.2, 0.25) is 0 Å². The smallest absolute Gasteiger partial charge is 0.261 e. The number of hydrogen-bond donors (Lipinski definition) is 0. The van der Waals surface area contributed by atoms with Gasteiger partial charge < -0.3 is 4.74 Å². The zero-order valence-electron chi connectivity index (χ0n) is 70.3. The van der Waals surface area contributed by atoms with Crippen LogP contribution in [0, 0.1) is 112 Å². The maximum absolute atomic E-state index is 12.9. The molecule has 16 heteroatoms. The summed E-state index contributed by atoms with van der Waals surface area (Å²) >= 11 is 0. The molecular formula is C106H96N10O6. The van der Waals surface area contributed by atoms with E-state index in [9.17, 15) is 24.0 Å². The summed E-state index contributed by atoms with van der Waals surface area (Å²) in [6.07, 6.45) is 29.8. The second kappa shape index (κ2) is 39.9. The molecule has 10 aromatic heterocycles. The number of rotatable bonds is 9. The fourth-order valence-corrected chi connectivity index (χ4v) is 14.6. The zero-order chi connectivity index (χ0) is 85.0. The highest BCUT2D eigenvalue weighted by molar-refractivity contribution is 5.56. The van der Waals surface area contributed by atoms with Crippen molar-refractivity contribution in [2.24, 2.45) is 17.8 Å². The number of benzene rings is 5. The van der Waals surface area contributed by atoms with Gasteiger partial charge in [0.1, 0.15) is 28.2 Å². The summed E-state index contributed by atoms with van der Waals surface area (Å²) < 4.78 is 13.1. The minimum Gasteiger partial charge on any atom is -0.384 e. The van der Waals surface area contributed by atoms with Crippen molar-refractivity contribution in [3.63, 3.8) is 0 Å². The van der Waals surface area contributed by atoms with Gasteiger partial charge >= 0.3 is 0 Å². The summed E-state index contributed by atoms with van der Waals surface area (Å²) in [7, 11) is 1.62. The minimum atomic E-state index is -0.0600. The van der Waals surface area contributed by atoms with Crippen molar-refractivity contribution in [1.29, 1.82) is 0 Å². The molecule has 0 spiro atoms. The second-order valence-electron chi connectivity index (χ2n) is 31.9. The third kappa shape index (κ3) is 22.3. The van der Waals surface area contributed by atoms with Gasteiger partial charge in [0.15, 0.2) is 0 Å². The molecule has 10 heterocycles. The fourth-order valence-electron chi connectivity index (χ4n) is 14.6. The van der Waals surface area contributed by atoms with Gasteiger partial charge in [-0.05, 0) is 253 Å². The topological polar surface area (TPSA) is 181 Å². The Labute approximate surface area is 711 Å². The Morgan fingerprint density at radius 2 is 0.656 bits per heavy atom. The van der Waals surface area contributed by atoms with Crippen molar-refractivity contribution in [2.75, 3.05) is 13.7 Å². The van der Waals surface area contributed by atoms with Crippen LogP contribution in [-0.2, 0) is 43.3 Å². The third-order valence-corrected chi connectivity index (χ3v) is 21.7. The molecule has 3 aliphatic rings. The first-order chi connectivity index (χ1) is 59.3. The predicted molar refractivity (Wildman–Crippen MR) is 486 cm³/mol. The predicted octanol–water partition coefficient (Wildman–Crippen LogP) is 17.0. The number of methoxy groups -OCH3 is 1. The average molecular weight is 1610 g/mol. The van der Waals surface area contributed by atoms with Crippen LogP contribution in [0.5, 0.6) is 0 Å². The molecule has 2 saturated carbocycles. The molecule has 0 aliphatic heterocycles. The van der Waals surface area contributed by atoms with Gasteiger partial charge in [-0.2, -0.15) is 0 Å². The van der Waals surface area contributed by atoms with E-state index in [-0.39, 0.29) is 27.8 Å². The SMILES string of the molecule is CCCc1cnc2cc(C#Cc3cccc(C)c3)ccn2c1=O.COCCc1cnc2cc(C#Cc3cccc(C)c3)ccn2c1=O.Cc1cccc(C#Cc2ccn3c(=O)c(CC4CC4)cnc3c2)c1.Cc1cccc(C#Cc2ccn3c(=O)c(CC4CCC4)cnc3c2)c1.Cc1cccc(C#Cc2ccn3c(=O)c4c(nc3c2)CCCC(C)C4)c1. The van der Waals surface area contributed by atoms with Gasteiger partial charge in [-0.15, -0.1) is 0 Å². The summed E-state index contributed by atoms with van der Waals surface area (Å²) in [5.74, 6) is 33.5. The van der Waals surface area contributed by atoms with E-state index in [2.05, 4.69) is 150 Å². The fraction of sp³-hybridized carbons (Fsp3) is 0.245. The lowest BCUT2D eigenvalue weighted by atomic mass is 9.81. The van der Waals surface area contributed by atoms with Gasteiger partial charge in [0.05, 0.1) is 12.3 Å². The van der Waals surface area contributed by atoms with Crippen LogP contribution >= 0.6 is 0 Å². The van der Waals surface area contributed by atoms with E-state index in [0.29, 0.717) is 64.6 Å². The Balaban J connectivity index is 0.000000125. The van der Waals surface area contributed by atoms with E-state index in [0.717, 1.165) is 135 Å². The van der Waals surface area contributed by atoms with Gasteiger partial charge in [0, 0.05) is 153 Å². The first-order valence-electron chi connectivity index (χ1n) is 41.8. The van der Waals surface area contributed by atoms with Crippen molar-refractivity contribution in [1.82, 2.24) is 46.9 Å². The summed E-state index contributed by atoms with van der Waals surface area (Å²) in [5.41, 5.74) is 23.4. The largest absolute Gasteiger partial charge is 0.384 e. The van der Waals surface area contributed by atoms with Gasteiger partial charge in [-0.25, -0.2) is 24.9 Å². The van der Waals surface area contributed by atoms with Crippen molar-refractivity contribution >= 4 is 28.2 Å². The molecule has 1 atom stereocenters. The van der Waals surface area contributed by atoms with E-state index in [1.165, 1.54) is 59.9 Å². The number of aromatic nitrogens is 10. The highest BCUT2D eigenvalue weighted by Gasteiger charge is 2.24. The van der Waals surface area contributed by atoms with Crippen LogP contribution < -0.4 is 27.8 Å². The molecule has 3 aliphatic carbocycles. The van der Waals surface area contributed by atoms with Crippen LogP contribution in [0.4, 0.5) is 0 Å². The normalized spacial score (nSPS) is 13.0. The zero-order valence-corrected chi connectivity index (χ0v) is 70.3. The summed E-state index contributed by atoms with van der Waals surface area (Å²) in [6, 6.07) is 59.2. The van der Waals surface area contributed by atoms with Gasteiger partial charge in [-0.3, -0.25) is 46.0 Å². The van der Waals surface area contributed by atoms with Gasteiger partial charge in [0.25, 0.3) is 27.8 Å². The summed E-state index contributed by atoms with van der Waals surface area (Å²) in [5, 5.41) is 0. The van der Waals surface area contributed by atoms with Crippen molar-refractivity contribution in [3.05, 3.63) is 406 Å². The first kappa shape index (κ1) is 84.1. The molecule has 606 valence electrons. The standard InChI is InChI=1S/C23H22N2O.C22H20N2O.C21H18N2O.C20H18N2O2.C20H18N2O/c1-16-5-3-7-18(13-16)9-10-19-11-12-25-22(15-19)24-21-8-4-6-17(2)14-20(21)23(25)26;1-16-4-2-5-18(12-16)8-9-19-10-11-24-21(14-19)23-15-20(22(24)25)13-17-6-3-7-17;1-15-3-2-4-16(11-15)5-8-18-9-10-23-20(13-18)22-14-19(21(23)24)12-17-6-7-17;1-15-4-3-5-16(12-15)6-7-17-8-10-22-19(13-17)21-14-18(20(22)23)9-11-24-2;1-3-5-18-14-21-19-13-17(10-11-22(19)20(18)23)9-8-16-7-4-6-15(2)12-16/h3,5,7,11-13,15,17H,4,6,8,14H2,1-2H3;2,4-5,10-12,14-15,17H,3,6-7,13H2,1H3;2-4,9-11,13-14,17H,6-7,12H2,1H3;3-5,8,10,12-14H,9,11H2,1-2H3;4,6-7,10-14H,3,5H2,1-2H3. The van der Waals surface area contributed by atoms with Crippen LogP contribution in [0.25, 0.3) is 28.2 Å². The monoisotopic (exact) mass is 1600 g/mol. The van der Waals surface area contributed by atoms with Crippen LogP contribution in [-0.4, -0.2) is 60.6 Å². The Kier molecular flexibility index (Phi) is 27.5. The van der Waals surface area contributed by atoms with E-state index < -0.39 is 0 Å². The van der Waals surface area contributed by atoms with Crippen LogP contribution in [0.3, 0.4) is 0 Å². The Bertz CT molecular complexity index is 7120. The molecule has 0 N–H and O–H groups in total. The Morgan fingerprint density at radius 3 is 0.967 bits per heavy atom. The molecule has 1 unspecified atom stereocenters. The summed E-state index contributed by atoms with van der Waals surface area (Å²) in [4.78, 5) is 85.2. The number of aryl methyl sites for hydroxylation is 7. The maximum Gasteiger partial charge on any atom is 0.261 e. The van der Waals surface area contributed by atoms with E-state index in [4.69, 9.17) is 9.72 Å². The lowest BCUT2D eigenvalue weighted by Crippen LogP contribution is -2.23. The number of nitrogens with zero attached hydrogens (tertiary/aromatic N) is 10. The molecule has 0 amide bonds. The van der Waals surface area contributed by atoms with Crippen molar-refractivity contribution < 1.29 is 4.74 Å².